The lowest BCUT2D eigenvalue weighted by Gasteiger charge is -2.28. The van der Waals surface area contributed by atoms with Crippen LogP contribution in [-0.2, 0) is 16.0 Å². The fourth-order valence-corrected chi connectivity index (χ4v) is 4.70. The largest absolute Gasteiger partial charge is 0.389 e. The first-order valence-corrected chi connectivity index (χ1v) is 13.1. The van der Waals surface area contributed by atoms with Crippen molar-refractivity contribution in [3.8, 4) is 0 Å². The Hall–Kier alpha value is -3.82. The van der Waals surface area contributed by atoms with Gasteiger partial charge in [-0.2, -0.15) is 0 Å². The third-order valence-electron chi connectivity index (χ3n) is 7.12. The van der Waals surface area contributed by atoms with Crippen LogP contribution in [0.2, 0.25) is 0 Å². The number of hydrogen-bond donors (Lipinski definition) is 4. The standard InChI is InChI=1S/C30H35FN4O4/c1-30(2,32)26(36)18-33-27(37)24(17-19-9-10-20-6-3-4-7-22(20)16-19)34-28(38)25-8-5-15-35(25)29(39)21-11-13-23(31)14-12-21/h3-4,6-7,9-14,16,24-26,36H,5,8,15,17-18,32H2,1-2H3,(H,33,37)(H,34,38). The Morgan fingerprint density at radius 3 is 2.46 bits per heavy atom. The molecule has 1 aliphatic rings. The molecule has 8 nitrogen and oxygen atoms in total. The molecule has 1 aliphatic heterocycles. The van der Waals surface area contributed by atoms with Crippen LogP contribution in [0.4, 0.5) is 4.39 Å². The van der Waals surface area contributed by atoms with Crippen LogP contribution < -0.4 is 16.4 Å². The number of rotatable bonds is 9. The van der Waals surface area contributed by atoms with Crippen molar-refractivity contribution < 1.29 is 23.9 Å². The Bertz CT molecular complexity index is 1340. The molecular weight excluding hydrogens is 499 g/mol. The molecule has 3 unspecified atom stereocenters. The highest BCUT2D eigenvalue weighted by molar-refractivity contribution is 5.99. The second-order valence-corrected chi connectivity index (χ2v) is 10.7. The number of aliphatic hydroxyl groups is 1. The molecular formula is C30H35FN4O4. The molecule has 0 aromatic heterocycles. The summed E-state index contributed by atoms with van der Waals surface area (Å²) in [5.74, 6) is -1.72. The maximum absolute atomic E-state index is 13.4. The van der Waals surface area contributed by atoms with E-state index >= 15 is 0 Å². The number of nitrogens with two attached hydrogens (primary N) is 1. The predicted octanol–water partition coefficient (Wildman–Crippen LogP) is 2.53. The van der Waals surface area contributed by atoms with Crippen LogP contribution in [0.15, 0.2) is 66.7 Å². The number of fused-ring (bicyclic) bond motifs is 1. The fourth-order valence-electron chi connectivity index (χ4n) is 4.70. The minimum atomic E-state index is -0.989. The number of hydrogen-bond acceptors (Lipinski definition) is 5. The van der Waals surface area contributed by atoms with E-state index in [2.05, 4.69) is 10.6 Å². The van der Waals surface area contributed by atoms with Gasteiger partial charge in [0.05, 0.1) is 6.10 Å². The highest BCUT2D eigenvalue weighted by atomic mass is 19.1. The SMILES string of the molecule is CC(C)(N)C(O)CNC(=O)C(Cc1ccc2ccccc2c1)NC(=O)C1CCCN1C(=O)c1ccc(F)cc1. The molecule has 0 radical (unpaired) electrons. The average molecular weight is 535 g/mol. The highest BCUT2D eigenvalue weighted by Gasteiger charge is 2.36. The normalized spacial score (nSPS) is 17.1. The van der Waals surface area contributed by atoms with Crippen molar-refractivity contribution in [1.29, 1.82) is 0 Å². The van der Waals surface area contributed by atoms with E-state index in [1.165, 1.54) is 29.2 Å². The zero-order valence-electron chi connectivity index (χ0n) is 22.2. The van der Waals surface area contributed by atoms with Crippen LogP contribution in [0, 0.1) is 5.82 Å². The van der Waals surface area contributed by atoms with Gasteiger partial charge in [-0.1, -0.05) is 42.5 Å². The summed E-state index contributed by atoms with van der Waals surface area (Å²) >= 11 is 0. The molecule has 9 heteroatoms. The van der Waals surface area contributed by atoms with E-state index in [1.807, 2.05) is 42.5 Å². The lowest BCUT2D eigenvalue weighted by molar-refractivity contribution is -0.131. The molecule has 1 fully saturated rings. The first-order chi connectivity index (χ1) is 18.5. The minimum Gasteiger partial charge on any atom is -0.389 e. The number of nitrogens with one attached hydrogen (secondary N) is 2. The summed E-state index contributed by atoms with van der Waals surface area (Å²) in [7, 11) is 0. The molecule has 0 aliphatic carbocycles. The Morgan fingerprint density at radius 1 is 1.08 bits per heavy atom. The topological polar surface area (TPSA) is 125 Å². The van der Waals surface area contributed by atoms with Gasteiger partial charge in [0.1, 0.15) is 17.9 Å². The van der Waals surface area contributed by atoms with Gasteiger partial charge in [-0.25, -0.2) is 4.39 Å². The van der Waals surface area contributed by atoms with Gasteiger partial charge in [0.25, 0.3) is 5.91 Å². The molecule has 0 saturated carbocycles. The maximum atomic E-state index is 13.4. The fraction of sp³-hybridized carbons (Fsp3) is 0.367. The molecule has 3 aromatic carbocycles. The van der Waals surface area contributed by atoms with E-state index in [4.69, 9.17) is 5.73 Å². The van der Waals surface area contributed by atoms with Crippen LogP contribution in [-0.4, -0.2) is 64.5 Å². The summed E-state index contributed by atoms with van der Waals surface area (Å²) in [6.45, 7) is 3.62. The summed E-state index contributed by atoms with van der Waals surface area (Å²) in [6, 6.07) is 17.2. The summed E-state index contributed by atoms with van der Waals surface area (Å²) < 4.78 is 13.3. The van der Waals surface area contributed by atoms with Crippen molar-refractivity contribution >= 4 is 28.5 Å². The highest BCUT2D eigenvalue weighted by Crippen LogP contribution is 2.22. The molecule has 3 amide bonds. The van der Waals surface area contributed by atoms with Crippen molar-refractivity contribution in [2.24, 2.45) is 5.73 Å². The monoisotopic (exact) mass is 534 g/mol. The average Bonchev–Trinajstić information content (AvgIpc) is 3.41. The van der Waals surface area contributed by atoms with E-state index in [1.54, 1.807) is 13.8 Å². The summed E-state index contributed by atoms with van der Waals surface area (Å²) in [5, 5.41) is 17.9. The van der Waals surface area contributed by atoms with E-state index in [-0.39, 0.29) is 18.9 Å². The van der Waals surface area contributed by atoms with Gasteiger partial charge in [-0.15, -0.1) is 0 Å². The number of nitrogens with zero attached hydrogens (tertiary/aromatic N) is 1. The van der Waals surface area contributed by atoms with Crippen molar-refractivity contribution in [1.82, 2.24) is 15.5 Å². The van der Waals surface area contributed by atoms with Gasteiger partial charge in [0, 0.05) is 30.6 Å². The maximum Gasteiger partial charge on any atom is 0.254 e. The van der Waals surface area contributed by atoms with Crippen LogP contribution >= 0.6 is 0 Å². The molecule has 5 N–H and O–H groups in total. The molecule has 0 bridgehead atoms. The number of carbonyl (C=O) groups excluding carboxylic acids is 3. The van der Waals surface area contributed by atoms with E-state index in [0.29, 0.717) is 24.9 Å². The number of carbonyl (C=O) groups is 3. The smallest absolute Gasteiger partial charge is 0.254 e. The third-order valence-corrected chi connectivity index (χ3v) is 7.12. The number of benzene rings is 3. The Labute approximate surface area is 227 Å². The quantitative estimate of drug-likeness (QED) is 0.336. The predicted molar refractivity (Wildman–Crippen MR) is 147 cm³/mol. The van der Waals surface area contributed by atoms with Crippen LogP contribution in [0.25, 0.3) is 10.8 Å². The number of amides is 3. The molecule has 3 aromatic rings. The second-order valence-electron chi connectivity index (χ2n) is 10.7. The van der Waals surface area contributed by atoms with Gasteiger partial charge in [0.2, 0.25) is 11.8 Å². The van der Waals surface area contributed by atoms with Gasteiger partial charge in [-0.3, -0.25) is 14.4 Å². The Morgan fingerprint density at radius 2 is 1.77 bits per heavy atom. The first kappa shape index (κ1) is 28.2. The molecule has 0 spiro atoms. The summed E-state index contributed by atoms with van der Waals surface area (Å²) in [5.41, 5.74) is 6.17. The van der Waals surface area contributed by atoms with E-state index in [9.17, 15) is 23.9 Å². The number of aliphatic hydroxyl groups excluding tert-OH is 1. The van der Waals surface area contributed by atoms with Gasteiger partial charge in [-0.05, 0) is 67.3 Å². The van der Waals surface area contributed by atoms with Crippen molar-refractivity contribution in [2.75, 3.05) is 13.1 Å². The number of likely N-dealkylation sites (tertiary alicyclic amines) is 1. The summed E-state index contributed by atoms with van der Waals surface area (Å²) in [4.78, 5) is 41.3. The lowest BCUT2D eigenvalue weighted by atomic mass is 9.98. The van der Waals surface area contributed by atoms with Crippen LogP contribution in [0.1, 0.15) is 42.6 Å². The Balaban J connectivity index is 1.52. The zero-order valence-corrected chi connectivity index (χ0v) is 22.2. The van der Waals surface area contributed by atoms with E-state index < -0.39 is 41.4 Å². The van der Waals surface area contributed by atoms with Crippen LogP contribution in [0.5, 0.6) is 0 Å². The van der Waals surface area contributed by atoms with Crippen LogP contribution in [0.3, 0.4) is 0 Å². The minimum absolute atomic E-state index is 0.0783. The van der Waals surface area contributed by atoms with Gasteiger partial charge in [0.15, 0.2) is 0 Å². The van der Waals surface area contributed by atoms with Crippen molar-refractivity contribution in [2.45, 2.75) is 56.8 Å². The molecule has 1 heterocycles. The number of halogens is 1. The van der Waals surface area contributed by atoms with Crippen molar-refractivity contribution in [3.05, 3.63) is 83.7 Å². The summed E-state index contributed by atoms with van der Waals surface area (Å²) in [6.07, 6.45) is 0.300. The molecule has 206 valence electrons. The molecule has 39 heavy (non-hydrogen) atoms. The second kappa shape index (κ2) is 11.9. The van der Waals surface area contributed by atoms with Gasteiger partial charge >= 0.3 is 0 Å². The van der Waals surface area contributed by atoms with Gasteiger partial charge < -0.3 is 26.4 Å². The third kappa shape index (κ3) is 6.99. The zero-order chi connectivity index (χ0) is 28.2. The molecule has 4 rings (SSSR count). The van der Waals surface area contributed by atoms with Crippen molar-refractivity contribution in [3.63, 3.8) is 0 Å². The first-order valence-electron chi connectivity index (χ1n) is 13.1. The molecule has 1 saturated heterocycles. The van der Waals surface area contributed by atoms with E-state index in [0.717, 1.165) is 16.3 Å². The Kier molecular flexibility index (Phi) is 8.62. The lowest BCUT2D eigenvalue weighted by Crippen LogP contribution is -2.56. The molecule has 3 atom stereocenters.